The van der Waals surface area contributed by atoms with Crippen LogP contribution >= 0.6 is 23.2 Å². The summed E-state index contributed by atoms with van der Waals surface area (Å²) in [5.41, 5.74) is 3.06. The summed E-state index contributed by atoms with van der Waals surface area (Å²) in [7, 11) is 1.89. The van der Waals surface area contributed by atoms with Crippen LogP contribution in [0.2, 0.25) is 0 Å². The van der Waals surface area contributed by atoms with Crippen LogP contribution in [0.25, 0.3) is 0 Å². The molecule has 146 valence electrons. The van der Waals surface area contributed by atoms with E-state index in [4.69, 9.17) is 27.9 Å². The predicted molar refractivity (Wildman–Crippen MR) is 107 cm³/mol. The molecule has 0 spiro atoms. The highest BCUT2D eigenvalue weighted by Gasteiger charge is 2.52. The highest BCUT2D eigenvalue weighted by atomic mass is 35.5. The lowest BCUT2D eigenvalue weighted by Crippen LogP contribution is -2.46. The van der Waals surface area contributed by atoms with Crippen LogP contribution in [-0.2, 0) is 18.4 Å². The summed E-state index contributed by atoms with van der Waals surface area (Å²) in [4.78, 5) is 12.6. The van der Waals surface area contributed by atoms with Crippen LogP contribution in [-0.4, -0.2) is 25.6 Å². The number of ether oxygens (including phenoxy) is 1. The minimum atomic E-state index is -1.01. The van der Waals surface area contributed by atoms with Crippen molar-refractivity contribution in [3.63, 3.8) is 0 Å². The number of nitrogens with zero attached hydrogens (tertiary/aromatic N) is 2. The van der Waals surface area contributed by atoms with Crippen molar-refractivity contribution in [1.82, 2.24) is 15.1 Å². The Morgan fingerprint density at radius 2 is 1.93 bits per heavy atom. The summed E-state index contributed by atoms with van der Waals surface area (Å²) in [6.07, 6.45) is 0.761. The first kappa shape index (κ1) is 20.0. The molecule has 1 saturated carbocycles. The van der Waals surface area contributed by atoms with E-state index in [9.17, 15) is 4.79 Å². The van der Waals surface area contributed by atoms with Gasteiger partial charge in [0.25, 0.3) is 5.91 Å². The van der Waals surface area contributed by atoms with Crippen LogP contribution in [0, 0.1) is 13.8 Å². The van der Waals surface area contributed by atoms with E-state index in [-0.39, 0.29) is 11.8 Å². The lowest BCUT2D eigenvalue weighted by Gasteiger charge is -2.25. The number of hydrogen-bond acceptors (Lipinski definition) is 3. The molecule has 1 amide bonds. The molecule has 5 nitrogen and oxygen atoms in total. The molecule has 1 N–H and O–H groups in total. The number of rotatable bonds is 6. The molecule has 1 atom stereocenters. The van der Waals surface area contributed by atoms with Crippen LogP contribution in [0.5, 0.6) is 5.75 Å². The van der Waals surface area contributed by atoms with Gasteiger partial charge >= 0.3 is 0 Å². The number of aromatic nitrogens is 2. The third-order valence-corrected chi connectivity index (χ3v) is 5.95. The first-order valence-electron chi connectivity index (χ1n) is 8.95. The van der Waals surface area contributed by atoms with Gasteiger partial charge in [-0.1, -0.05) is 12.1 Å². The average molecular weight is 410 g/mol. The molecule has 1 aliphatic carbocycles. The first-order valence-corrected chi connectivity index (χ1v) is 9.71. The highest BCUT2D eigenvalue weighted by molar-refractivity contribution is 6.51. The van der Waals surface area contributed by atoms with Crippen LogP contribution < -0.4 is 10.1 Å². The van der Waals surface area contributed by atoms with Gasteiger partial charge in [0.05, 0.1) is 5.69 Å². The number of aryl methyl sites for hydroxylation is 2. The largest absolute Gasteiger partial charge is 0.478 e. The molecule has 27 heavy (non-hydrogen) atoms. The van der Waals surface area contributed by atoms with Crippen LogP contribution in [0.4, 0.5) is 0 Å². The molecule has 1 aliphatic rings. The molecule has 3 rings (SSSR count). The maximum Gasteiger partial charge on any atom is 0.263 e. The van der Waals surface area contributed by atoms with Gasteiger partial charge in [-0.2, -0.15) is 5.10 Å². The van der Waals surface area contributed by atoms with E-state index in [1.54, 1.807) is 13.8 Å². The summed E-state index contributed by atoms with van der Waals surface area (Å²) in [5, 5.41) is 7.32. The van der Waals surface area contributed by atoms with E-state index in [0.717, 1.165) is 28.9 Å². The van der Waals surface area contributed by atoms with Gasteiger partial charge in [0, 0.05) is 30.8 Å². The second-order valence-electron chi connectivity index (χ2n) is 7.65. The standard InChI is InChI=1S/C20H25Cl2N3O2/c1-12-16(13(2)25(5)24-12)11-23-18(26)19(3,4)27-15-8-6-14(7-9-15)17-10-20(17,21)22/h6-9,17H,10-11H2,1-5H3,(H,23,26)/t17-/m0/s1. The number of carbonyl (C=O) groups is 1. The van der Waals surface area contributed by atoms with E-state index >= 15 is 0 Å². The number of halogens is 2. The molecule has 0 bridgehead atoms. The summed E-state index contributed by atoms with van der Waals surface area (Å²) in [6, 6.07) is 7.59. The fourth-order valence-corrected chi connectivity index (χ4v) is 3.70. The fraction of sp³-hybridized carbons (Fsp3) is 0.500. The Morgan fingerprint density at radius 1 is 1.33 bits per heavy atom. The predicted octanol–water partition coefficient (Wildman–Crippen LogP) is 4.17. The number of carbonyl (C=O) groups excluding carboxylic acids is 1. The second-order valence-corrected chi connectivity index (χ2v) is 9.20. The molecule has 1 aromatic carbocycles. The molecule has 0 saturated heterocycles. The summed E-state index contributed by atoms with van der Waals surface area (Å²) in [5.74, 6) is 0.608. The zero-order valence-corrected chi connectivity index (χ0v) is 17.8. The molecule has 0 radical (unpaired) electrons. The maximum atomic E-state index is 12.6. The van der Waals surface area contributed by atoms with Crippen molar-refractivity contribution >= 4 is 29.1 Å². The molecule has 1 heterocycles. The van der Waals surface area contributed by atoms with Gasteiger partial charge in [-0.15, -0.1) is 23.2 Å². The van der Waals surface area contributed by atoms with Gasteiger partial charge in [0.15, 0.2) is 5.60 Å². The van der Waals surface area contributed by atoms with E-state index < -0.39 is 9.93 Å². The summed E-state index contributed by atoms with van der Waals surface area (Å²) in [6.45, 7) is 7.85. The van der Waals surface area contributed by atoms with Gasteiger partial charge in [0.2, 0.25) is 0 Å². The number of benzene rings is 1. The lowest BCUT2D eigenvalue weighted by molar-refractivity contribution is -0.134. The molecular formula is C20H25Cl2N3O2. The topological polar surface area (TPSA) is 56.2 Å². The molecular weight excluding hydrogens is 385 g/mol. The van der Waals surface area contributed by atoms with E-state index in [1.165, 1.54) is 0 Å². The number of hydrogen-bond donors (Lipinski definition) is 1. The lowest BCUT2D eigenvalue weighted by atomic mass is 10.1. The Hall–Kier alpha value is -1.72. The molecule has 1 aromatic heterocycles. The normalized spacial score (nSPS) is 18.3. The Morgan fingerprint density at radius 3 is 2.41 bits per heavy atom. The SMILES string of the molecule is Cc1nn(C)c(C)c1CNC(=O)C(C)(C)Oc1ccc([C@@H]2CC2(Cl)Cl)cc1. The summed E-state index contributed by atoms with van der Waals surface area (Å²) < 4.78 is 7.09. The molecule has 0 unspecified atom stereocenters. The van der Waals surface area contributed by atoms with Crippen molar-refractivity contribution in [2.75, 3.05) is 0 Å². The smallest absolute Gasteiger partial charge is 0.263 e. The Labute approximate surface area is 170 Å². The zero-order valence-electron chi connectivity index (χ0n) is 16.3. The van der Waals surface area contributed by atoms with Gasteiger partial charge in [-0.25, -0.2) is 0 Å². The van der Waals surface area contributed by atoms with Crippen LogP contribution in [0.15, 0.2) is 24.3 Å². The average Bonchev–Trinajstić information content (AvgIpc) is 3.15. The van der Waals surface area contributed by atoms with Crippen LogP contribution in [0.1, 0.15) is 48.7 Å². The van der Waals surface area contributed by atoms with Crippen LogP contribution in [0.3, 0.4) is 0 Å². The second kappa shape index (κ2) is 7.02. The fourth-order valence-electron chi connectivity index (χ4n) is 3.14. The minimum Gasteiger partial charge on any atom is -0.478 e. The number of amides is 1. The molecule has 1 fully saturated rings. The third-order valence-electron chi connectivity index (χ3n) is 5.11. The number of nitrogens with one attached hydrogen (secondary N) is 1. The van der Waals surface area contributed by atoms with Gasteiger partial charge < -0.3 is 10.1 Å². The monoisotopic (exact) mass is 409 g/mol. The highest BCUT2D eigenvalue weighted by Crippen LogP contribution is 2.59. The third kappa shape index (κ3) is 4.25. The zero-order chi connectivity index (χ0) is 20.0. The van der Waals surface area contributed by atoms with Crippen molar-refractivity contribution in [1.29, 1.82) is 0 Å². The van der Waals surface area contributed by atoms with Crippen molar-refractivity contribution in [2.45, 2.75) is 56.5 Å². The quantitative estimate of drug-likeness (QED) is 0.728. The van der Waals surface area contributed by atoms with Crippen molar-refractivity contribution in [2.24, 2.45) is 7.05 Å². The first-order chi connectivity index (χ1) is 12.5. The Kier molecular flexibility index (Phi) is 5.21. The van der Waals surface area contributed by atoms with Gasteiger partial charge in [0.1, 0.15) is 10.1 Å². The Bertz CT molecular complexity index is 857. The number of alkyl halides is 2. The van der Waals surface area contributed by atoms with Gasteiger partial charge in [-0.05, 0) is 51.8 Å². The van der Waals surface area contributed by atoms with E-state index in [1.807, 2.05) is 49.8 Å². The Balaban J connectivity index is 1.61. The van der Waals surface area contributed by atoms with Crippen molar-refractivity contribution in [3.8, 4) is 5.75 Å². The van der Waals surface area contributed by atoms with Crippen molar-refractivity contribution < 1.29 is 9.53 Å². The maximum absolute atomic E-state index is 12.6. The van der Waals surface area contributed by atoms with Gasteiger partial charge in [-0.3, -0.25) is 9.48 Å². The van der Waals surface area contributed by atoms with Crippen molar-refractivity contribution in [3.05, 3.63) is 46.8 Å². The van der Waals surface area contributed by atoms with E-state index in [2.05, 4.69) is 10.4 Å². The molecule has 2 aromatic rings. The molecule has 0 aliphatic heterocycles. The minimum absolute atomic E-state index is 0.164. The summed E-state index contributed by atoms with van der Waals surface area (Å²) >= 11 is 12.2. The molecule has 7 heteroatoms. The van der Waals surface area contributed by atoms with E-state index in [0.29, 0.717) is 12.3 Å².